The van der Waals surface area contributed by atoms with E-state index >= 15 is 0 Å². The van der Waals surface area contributed by atoms with Crippen LogP contribution in [0.2, 0.25) is 0 Å². The number of rotatable bonds is 6. The molecule has 142 valence electrons. The van der Waals surface area contributed by atoms with Crippen LogP contribution in [0.25, 0.3) is 0 Å². The molecular weight excluding hydrogens is 352 g/mol. The Kier molecular flexibility index (Phi) is 6.01. The number of thioether (sulfide) groups is 1. The lowest BCUT2D eigenvalue weighted by molar-refractivity contribution is -0.117. The highest BCUT2D eigenvalue weighted by Gasteiger charge is 2.42. The van der Waals surface area contributed by atoms with Gasteiger partial charge in [0.15, 0.2) is 5.16 Å². The van der Waals surface area contributed by atoms with E-state index in [1.165, 1.54) is 31.7 Å². The molecule has 2 aliphatic carbocycles. The molecule has 7 nitrogen and oxygen atoms in total. The number of hydrogen-bond acceptors (Lipinski definition) is 5. The van der Waals surface area contributed by atoms with E-state index < -0.39 is 11.9 Å². The van der Waals surface area contributed by atoms with Crippen molar-refractivity contribution in [2.24, 2.45) is 17.8 Å². The van der Waals surface area contributed by atoms with Gasteiger partial charge in [0.25, 0.3) is 5.56 Å². The second-order valence-electron chi connectivity index (χ2n) is 7.27. The van der Waals surface area contributed by atoms with E-state index in [0.717, 1.165) is 23.6 Å². The number of urea groups is 1. The molecule has 2 N–H and O–H groups in total. The van der Waals surface area contributed by atoms with E-state index in [1.807, 2.05) is 13.8 Å². The van der Waals surface area contributed by atoms with E-state index in [2.05, 4.69) is 15.6 Å². The van der Waals surface area contributed by atoms with Gasteiger partial charge in [-0.25, -0.2) is 4.79 Å². The molecule has 4 unspecified atom stereocenters. The molecule has 3 amide bonds. The van der Waals surface area contributed by atoms with Crippen molar-refractivity contribution in [3.05, 3.63) is 22.6 Å². The third-order valence-electron chi connectivity index (χ3n) is 5.57. The van der Waals surface area contributed by atoms with E-state index in [-0.39, 0.29) is 17.4 Å². The molecule has 2 saturated carbocycles. The van der Waals surface area contributed by atoms with E-state index in [9.17, 15) is 14.4 Å². The predicted octanol–water partition coefficient (Wildman–Crippen LogP) is 2.01. The molecule has 4 atom stereocenters. The molecule has 2 fully saturated rings. The quantitative estimate of drug-likeness (QED) is 0.583. The lowest BCUT2D eigenvalue weighted by Gasteiger charge is -2.28. The van der Waals surface area contributed by atoms with Crippen molar-refractivity contribution in [3.8, 4) is 0 Å². The van der Waals surface area contributed by atoms with Crippen molar-refractivity contribution in [3.63, 3.8) is 0 Å². The van der Waals surface area contributed by atoms with Crippen molar-refractivity contribution in [1.29, 1.82) is 0 Å². The molecule has 0 saturated heterocycles. The molecule has 3 rings (SSSR count). The second kappa shape index (κ2) is 8.24. The third kappa shape index (κ3) is 4.47. The molecule has 1 aromatic heterocycles. The Balaban J connectivity index is 1.45. The Morgan fingerprint density at radius 1 is 1.38 bits per heavy atom. The first kappa shape index (κ1) is 18.9. The number of fused-ring (bicyclic) bond motifs is 2. The van der Waals surface area contributed by atoms with Crippen molar-refractivity contribution in [2.75, 3.05) is 5.75 Å². The van der Waals surface area contributed by atoms with Crippen molar-refractivity contribution >= 4 is 23.7 Å². The fourth-order valence-corrected chi connectivity index (χ4v) is 5.16. The SMILES string of the molecule is CCn1ccc(=O)nc1SCC(=O)NC(=O)NC(C)C1CC2CCC1C2. The zero-order chi connectivity index (χ0) is 18.7. The number of aryl methyl sites for hydroxylation is 1. The molecule has 8 heteroatoms. The largest absolute Gasteiger partial charge is 0.335 e. The van der Waals surface area contributed by atoms with Crippen LogP contribution in [0.1, 0.15) is 39.5 Å². The zero-order valence-electron chi connectivity index (χ0n) is 15.2. The van der Waals surface area contributed by atoms with Crippen LogP contribution < -0.4 is 16.2 Å². The number of nitrogens with one attached hydrogen (secondary N) is 2. The average molecular weight is 378 g/mol. The third-order valence-corrected chi connectivity index (χ3v) is 6.56. The van der Waals surface area contributed by atoms with Gasteiger partial charge in [-0.2, -0.15) is 4.98 Å². The lowest BCUT2D eigenvalue weighted by Crippen LogP contribution is -2.47. The molecule has 0 aromatic carbocycles. The number of carbonyl (C=O) groups is 2. The van der Waals surface area contributed by atoms with E-state index in [1.54, 1.807) is 10.8 Å². The molecule has 0 radical (unpaired) electrons. The van der Waals surface area contributed by atoms with Crippen molar-refractivity contribution < 1.29 is 9.59 Å². The van der Waals surface area contributed by atoms with E-state index in [0.29, 0.717) is 17.6 Å². The van der Waals surface area contributed by atoms with Gasteiger partial charge in [-0.05, 0) is 50.9 Å². The number of hydrogen-bond donors (Lipinski definition) is 2. The molecule has 2 aliphatic rings. The molecule has 2 bridgehead atoms. The molecule has 26 heavy (non-hydrogen) atoms. The summed E-state index contributed by atoms with van der Waals surface area (Å²) in [6.07, 6.45) is 6.72. The van der Waals surface area contributed by atoms with Crippen LogP contribution in [-0.4, -0.2) is 33.3 Å². The number of amides is 3. The standard InChI is InChI=1S/C18H26N4O3S/c1-3-22-7-6-15(23)21-18(22)26-10-16(24)20-17(25)19-11(2)14-9-12-4-5-13(14)8-12/h6-7,11-14H,3-5,8-10H2,1-2H3,(H2,19,20,24,25). The van der Waals surface area contributed by atoms with Crippen LogP contribution in [0.4, 0.5) is 4.79 Å². The summed E-state index contributed by atoms with van der Waals surface area (Å²) in [4.78, 5) is 39.4. The predicted molar refractivity (Wildman–Crippen MR) is 100.0 cm³/mol. The summed E-state index contributed by atoms with van der Waals surface area (Å²) in [7, 11) is 0. The number of aromatic nitrogens is 2. The normalized spacial score (nSPS) is 25.1. The van der Waals surface area contributed by atoms with E-state index in [4.69, 9.17) is 0 Å². The van der Waals surface area contributed by atoms with Crippen LogP contribution in [-0.2, 0) is 11.3 Å². The summed E-state index contributed by atoms with van der Waals surface area (Å²) in [5.74, 6) is 1.71. The van der Waals surface area contributed by atoms with Gasteiger partial charge in [-0.3, -0.25) is 14.9 Å². The Labute approximate surface area is 157 Å². The molecule has 0 spiro atoms. The first-order chi connectivity index (χ1) is 12.5. The number of nitrogens with zero attached hydrogens (tertiary/aromatic N) is 2. The van der Waals surface area contributed by atoms with Gasteiger partial charge in [-0.15, -0.1) is 0 Å². The summed E-state index contributed by atoms with van der Waals surface area (Å²) >= 11 is 1.15. The maximum atomic E-state index is 12.1. The summed E-state index contributed by atoms with van der Waals surface area (Å²) in [6, 6.07) is 1.02. The van der Waals surface area contributed by atoms with Gasteiger partial charge in [0, 0.05) is 24.8 Å². The molecule has 1 heterocycles. The fourth-order valence-electron chi connectivity index (χ4n) is 4.32. The number of imide groups is 1. The highest BCUT2D eigenvalue weighted by molar-refractivity contribution is 7.99. The summed E-state index contributed by atoms with van der Waals surface area (Å²) < 4.78 is 1.79. The topological polar surface area (TPSA) is 93.1 Å². The summed E-state index contributed by atoms with van der Waals surface area (Å²) in [5, 5.41) is 5.77. The summed E-state index contributed by atoms with van der Waals surface area (Å²) in [5.41, 5.74) is -0.338. The molecule has 1 aromatic rings. The minimum Gasteiger partial charge on any atom is -0.335 e. The van der Waals surface area contributed by atoms with Crippen LogP contribution in [0.3, 0.4) is 0 Å². The van der Waals surface area contributed by atoms with Crippen LogP contribution in [0.5, 0.6) is 0 Å². The van der Waals surface area contributed by atoms with Crippen LogP contribution >= 0.6 is 11.8 Å². The van der Waals surface area contributed by atoms with Gasteiger partial charge in [-0.1, -0.05) is 18.2 Å². The number of carbonyl (C=O) groups excluding carboxylic acids is 2. The second-order valence-corrected chi connectivity index (χ2v) is 8.21. The minimum atomic E-state index is -0.445. The van der Waals surface area contributed by atoms with Crippen LogP contribution in [0.15, 0.2) is 22.2 Å². The lowest BCUT2D eigenvalue weighted by atomic mass is 9.84. The smallest absolute Gasteiger partial charge is 0.321 e. The maximum absolute atomic E-state index is 12.1. The first-order valence-corrected chi connectivity index (χ1v) is 10.3. The van der Waals surface area contributed by atoms with Gasteiger partial charge >= 0.3 is 6.03 Å². The van der Waals surface area contributed by atoms with Crippen molar-refractivity contribution in [2.45, 2.75) is 57.3 Å². The van der Waals surface area contributed by atoms with Gasteiger partial charge in [0.1, 0.15) is 0 Å². The summed E-state index contributed by atoms with van der Waals surface area (Å²) in [6.45, 7) is 4.61. The molecular formula is C18H26N4O3S. The van der Waals surface area contributed by atoms with Gasteiger partial charge in [0.2, 0.25) is 5.91 Å². The molecule has 0 aliphatic heterocycles. The van der Waals surface area contributed by atoms with Gasteiger partial charge < -0.3 is 9.88 Å². The highest BCUT2D eigenvalue weighted by atomic mass is 32.2. The zero-order valence-corrected chi connectivity index (χ0v) is 16.1. The van der Waals surface area contributed by atoms with Crippen molar-refractivity contribution in [1.82, 2.24) is 20.2 Å². The average Bonchev–Trinajstić information content (AvgIpc) is 3.23. The Morgan fingerprint density at radius 2 is 2.19 bits per heavy atom. The monoisotopic (exact) mass is 378 g/mol. The first-order valence-electron chi connectivity index (χ1n) is 9.27. The highest BCUT2D eigenvalue weighted by Crippen LogP contribution is 2.49. The Hall–Kier alpha value is -1.83. The maximum Gasteiger partial charge on any atom is 0.321 e. The Morgan fingerprint density at radius 3 is 2.85 bits per heavy atom. The van der Waals surface area contributed by atoms with Gasteiger partial charge in [0.05, 0.1) is 5.75 Å². The van der Waals surface area contributed by atoms with Crippen LogP contribution in [0, 0.1) is 17.8 Å². The Bertz CT molecular complexity index is 735. The minimum absolute atomic E-state index is 0.0341. The fraction of sp³-hybridized carbons (Fsp3) is 0.667.